The molecule has 4 aliphatic heterocycles. The van der Waals surface area contributed by atoms with E-state index in [4.69, 9.17) is 33.2 Å². The minimum absolute atomic E-state index is 0.153. The average Bonchev–Trinajstić information content (AvgIpc) is 3.63. The Hall–Kier alpha value is -3.69. The number of cyclic esters (lactones) is 1. The van der Waals surface area contributed by atoms with E-state index in [1.165, 1.54) is 0 Å². The lowest BCUT2D eigenvalue weighted by Crippen LogP contribution is -2.38. The van der Waals surface area contributed by atoms with Crippen LogP contribution in [0.3, 0.4) is 0 Å². The van der Waals surface area contributed by atoms with E-state index in [2.05, 4.69) is 4.90 Å². The van der Waals surface area contributed by atoms with Crippen molar-refractivity contribution in [3.05, 3.63) is 41.5 Å². The van der Waals surface area contributed by atoms with Crippen molar-refractivity contribution >= 4 is 16.7 Å². The summed E-state index contributed by atoms with van der Waals surface area (Å²) >= 11 is 0. The van der Waals surface area contributed by atoms with Crippen LogP contribution in [0.15, 0.2) is 30.3 Å². The molecule has 0 atom stereocenters. The van der Waals surface area contributed by atoms with Gasteiger partial charge in [-0.05, 0) is 35.2 Å². The van der Waals surface area contributed by atoms with Crippen molar-refractivity contribution in [3.8, 4) is 39.9 Å². The first-order chi connectivity index (χ1) is 17.3. The van der Waals surface area contributed by atoms with E-state index in [0.29, 0.717) is 40.9 Å². The molecular formula is C26H23NO8. The highest BCUT2D eigenvalue weighted by Crippen LogP contribution is 2.49. The number of ether oxygens (including phenoxy) is 7. The summed E-state index contributed by atoms with van der Waals surface area (Å²) < 4.78 is 39.8. The van der Waals surface area contributed by atoms with Gasteiger partial charge in [-0.2, -0.15) is 0 Å². The highest BCUT2D eigenvalue weighted by atomic mass is 16.7. The van der Waals surface area contributed by atoms with Gasteiger partial charge < -0.3 is 33.2 Å². The molecular weight excluding hydrogens is 454 g/mol. The Morgan fingerprint density at radius 1 is 0.800 bits per heavy atom. The molecule has 1 saturated heterocycles. The van der Waals surface area contributed by atoms with E-state index in [-0.39, 0.29) is 26.2 Å². The lowest BCUT2D eigenvalue weighted by atomic mass is 9.89. The van der Waals surface area contributed by atoms with Crippen LogP contribution in [0.1, 0.15) is 15.9 Å². The molecule has 1 fully saturated rings. The molecule has 0 radical (unpaired) electrons. The van der Waals surface area contributed by atoms with Gasteiger partial charge in [0.2, 0.25) is 13.6 Å². The first-order valence-corrected chi connectivity index (χ1v) is 11.7. The number of morpholine rings is 1. The average molecular weight is 477 g/mol. The third-order valence-corrected chi connectivity index (χ3v) is 6.82. The number of benzene rings is 3. The molecule has 0 unspecified atom stereocenters. The summed E-state index contributed by atoms with van der Waals surface area (Å²) in [6.45, 7) is 4.95. The maximum Gasteiger partial charge on any atom is 0.339 e. The molecule has 0 aliphatic carbocycles. The van der Waals surface area contributed by atoms with Crippen LogP contribution >= 0.6 is 0 Å². The summed E-state index contributed by atoms with van der Waals surface area (Å²) in [5.41, 5.74) is 2.84. The van der Waals surface area contributed by atoms with Gasteiger partial charge in [-0.25, -0.2) is 4.79 Å². The van der Waals surface area contributed by atoms with Crippen molar-refractivity contribution in [2.24, 2.45) is 0 Å². The highest BCUT2D eigenvalue weighted by molar-refractivity contribution is 6.14. The van der Waals surface area contributed by atoms with Crippen LogP contribution < -0.4 is 23.7 Å². The fourth-order valence-corrected chi connectivity index (χ4v) is 5.09. The molecule has 180 valence electrons. The second-order valence-corrected chi connectivity index (χ2v) is 8.76. The van der Waals surface area contributed by atoms with Gasteiger partial charge in [0.05, 0.1) is 18.8 Å². The van der Waals surface area contributed by atoms with Crippen LogP contribution in [0.25, 0.3) is 21.9 Å². The van der Waals surface area contributed by atoms with E-state index < -0.39 is 0 Å². The molecule has 0 aromatic heterocycles. The smallest absolute Gasteiger partial charge is 0.339 e. The summed E-state index contributed by atoms with van der Waals surface area (Å²) in [6.07, 6.45) is 0. The Kier molecular flexibility index (Phi) is 4.85. The van der Waals surface area contributed by atoms with Gasteiger partial charge in [-0.1, -0.05) is 6.07 Å². The number of hydrogen-bond acceptors (Lipinski definition) is 9. The Morgan fingerprint density at radius 3 is 2.31 bits per heavy atom. The predicted molar refractivity (Wildman–Crippen MR) is 124 cm³/mol. The van der Waals surface area contributed by atoms with Crippen molar-refractivity contribution in [2.75, 3.05) is 53.0 Å². The second-order valence-electron chi connectivity index (χ2n) is 8.76. The molecule has 9 nitrogen and oxygen atoms in total. The topological polar surface area (TPSA) is 84.9 Å². The Bertz CT molecular complexity index is 1350. The molecule has 7 rings (SSSR count). The zero-order chi connectivity index (χ0) is 23.4. The summed E-state index contributed by atoms with van der Waals surface area (Å²) in [7, 11) is 0. The maximum atomic E-state index is 13.0. The van der Waals surface area contributed by atoms with Crippen molar-refractivity contribution in [2.45, 2.75) is 6.61 Å². The molecule has 0 spiro atoms. The molecule has 4 heterocycles. The standard InChI is InChI=1S/C26H23NO8/c28-26-24-18(12-31-26)25(30-8-5-27-3-6-29-7-4-27)17-11-22-21(34-14-35-22)10-16(17)23(24)15-1-2-19-20(9-15)33-13-32-19/h1-2,9-11H,3-8,12-14H2. The van der Waals surface area contributed by atoms with Gasteiger partial charge in [0.25, 0.3) is 0 Å². The quantitative estimate of drug-likeness (QED) is 0.514. The second kappa shape index (κ2) is 8.21. The minimum Gasteiger partial charge on any atom is -0.491 e. The van der Waals surface area contributed by atoms with E-state index >= 15 is 0 Å². The number of hydrogen-bond donors (Lipinski definition) is 0. The zero-order valence-electron chi connectivity index (χ0n) is 19.0. The third-order valence-electron chi connectivity index (χ3n) is 6.82. The van der Waals surface area contributed by atoms with Crippen LogP contribution in [-0.4, -0.2) is 63.9 Å². The maximum absolute atomic E-state index is 13.0. The first kappa shape index (κ1) is 20.7. The Morgan fingerprint density at radius 2 is 1.51 bits per heavy atom. The molecule has 0 bridgehead atoms. The molecule has 4 aliphatic rings. The number of fused-ring (bicyclic) bond motifs is 4. The summed E-state index contributed by atoms with van der Waals surface area (Å²) in [5.74, 6) is 2.88. The molecule has 0 amide bonds. The number of nitrogens with zero attached hydrogens (tertiary/aromatic N) is 1. The van der Waals surface area contributed by atoms with Crippen molar-refractivity contribution in [3.63, 3.8) is 0 Å². The Labute approximate surface area is 201 Å². The first-order valence-electron chi connectivity index (χ1n) is 11.7. The molecule has 0 saturated carbocycles. The van der Waals surface area contributed by atoms with E-state index in [1.54, 1.807) is 0 Å². The van der Waals surface area contributed by atoms with Gasteiger partial charge >= 0.3 is 5.97 Å². The van der Waals surface area contributed by atoms with E-state index in [1.807, 2.05) is 30.3 Å². The SMILES string of the molecule is O=C1OCc2c1c(-c1ccc3c(c1)OCO3)c1cc3c(cc1c2OCCN1CCOCC1)OCO3. The highest BCUT2D eigenvalue weighted by Gasteiger charge is 2.34. The van der Waals surface area contributed by atoms with Gasteiger partial charge in [-0.15, -0.1) is 0 Å². The van der Waals surface area contributed by atoms with E-state index in [9.17, 15) is 4.79 Å². The van der Waals surface area contributed by atoms with Crippen LogP contribution in [-0.2, 0) is 16.1 Å². The summed E-state index contributed by atoms with van der Waals surface area (Å²) in [4.78, 5) is 15.3. The molecule has 3 aromatic rings. The van der Waals surface area contributed by atoms with Crippen molar-refractivity contribution < 1.29 is 38.0 Å². The molecule has 0 N–H and O–H groups in total. The van der Waals surface area contributed by atoms with Crippen LogP contribution in [0, 0.1) is 0 Å². The zero-order valence-corrected chi connectivity index (χ0v) is 19.0. The van der Waals surface area contributed by atoms with Crippen molar-refractivity contribution in [1.82, 2.24) is 4.90 Å². The van der Waals surface area contributed by atoms with Gasteiger partial charge in [0.15, 0.2) is 23.0 Å². The van der Waals surface area contributed by atoms with Crippen LogP contribution in [0.4, 0.5) is 0 Å². The number of esters is 1. The Balaban J connectivity index is 1.38. The van der Waals surface area contributed by atoms with Crippen LogP contribution in [0.5, 0.6) is 28.7 Å². The predicted octanol–water partition coefficient (Wildman–Crippen LogP) is 3.35. The number of carbonyl (C=O) groups excluding carboxylic acids is 1. The fraction of sp³-hybridized carbons (Fsp3) is 0.346. The largest absolute Gasteiger partial charge is 0.491 e. The minimum atomic E-state index is -0.370. The van der Waals surface area contributed by atoms with Gasteiger partial charge in [0, 0.05) is 36.1 Å². The normalized spacial score (nSPS) is 18.1. The number of carbonyl (C=O) groups is 1. The van der Waals surface area contributed by atoms with Crippen molar-refractivity contribution in [1.29, 1.82) is 0 Å². The third kappa shape index (κ3) is 3.42. The summed E-state index contributed by atoms with van der Waals surface area (Å²) in [6, 6.07) is 9.53. The van der Waals surface area contributed by atoms with Crippen LogP contribution in [0.2, 0.25) is 0 Å². The summed E-state index contributed by atoms with van der Waals surface area (Å²) in [5, 5.41) is 1.67. The molecule has 9 heteroatoms. The lowest BCUT2D eigenvalue weighted by Gasteiger charge is -2.26. The van der Waals surface area contributed by atoms with Gasteiger partial charge in [0.1, 0.15) is 19.0 Å². The molecule has 35 heavy (non-hydrogen) atoms. The van der Waals surface area contributed by atoms with E-state index in [0.717, 1.165) is 60.3 Å². The monoisotopic (exact) mass is 477 g/mol. The van der Waals surface area contributed by atoms with Gasteiger partial charge in [-0.3, -0.25) is 4.90 Å². The fourth-order valence-electron chi connectivity index (χ4n) is 5.09. The number of rotatable bonds is 5. The molecule has 3 aromatic carbocycles. The lowest BCUT2D eigenvalue weighted by molar-refractivity contribution is 0.0322.